The molecule has 24 heavy (non-hydrogen) atoms. The molecule has 2 aromatic heterocycles. The number of ether oxygens (including phenoxy) is 3. The lowest BCUT2D eigenvalue weighted by atomic mass is 9.99. The molecule has 1 saturated heterocycles. The summed E-state index contributed by atoms with van der Waals surface area (Å²) in [6, 6.07) is 3.77. The quantitative estimate of drug-likeness (QED) is 0.887. The van der Waals surface area contributed by atoms with Crippen molar-refractivity contribution >= 4 is 11.0 Å². The number of methoxy groups -OCH3 is 1. The predicted molar refractivity (Wildman–Crippen MR) is 89.6 cm³/mol. The first-order chi connectivity index (χ1) is 11.8. The maximum atomic E-state index is 5.86. The molecule has 0 amide bonds. The molecule has 128 valence electrons. The number of hydrogen-bond donors (Lipinski definition) is 1. The van der Waals surface area contributed by atoms with Crippen molar-refractivity contribution in [1.82, 2.24) is 14.9 Å². The molecule has 1 fully saturated rings. The first-order valence-corrected chi connectivity index (χ1v) is 8.29. The number of morpholine rings is 1. The number of aromatic nitrogens is 2. The molecule has 2 aromatic rings. The molecule has 0 bridgehead atoms. The predicted octanol–water partition coefficient (Wildman–Crippen LogP) is 0.774. The monoisotopic (exact) mass is 330 g/mol. The zero-order valence-electron chi connectivity index (χ0n) is 13.8. The Morgan fingerprint density at radius 3 is 3.17 bits per heavy atom. The molecule has 2 atom stereocenters. The van der Waals surface area contributed by atoms with E-state index in [2.05, 4.69) is 14.9 Å². The Morgan fingerprint density at radius 2 is 2.33 bits per heavy atom. The summed E-state index contributed by atoms with van der Waals surface area (Å²) >= 11 is 0. The van der Waals surface area contributed by atoms with Crippen LogP contribution in [0.25, 0.3) is 11.0 Å². The zero-order chi connectivity index (χ0) is 16.5. The van der Waals surface area contributed by atoms with Gasteiger partial charge in [-0.1, -0.05) is 0 Å². The Balaban J connectivity index is 1.63. The van der Waals surface area contributed by atoms with E-state index in [1.54, 1.807) is 13.3 Å². The molecule has 0 saturated carbocycles. The maximum Gasteiger partial charge on any atom is 0.213 e. The second-order valence-corrected chi connectivity index (χ2v) is 6.25. The fraction of sp³-hybridized carbons (Fsp3) is 0.529. The second-order valence-electron chi connectivity index (χ2n) is 6.25. The lowest BCUT2D eigenvalue weighted by Crippen LogP contribution is -2.47. The lowest BCUT2D eigenvalue weighted by Gasteiger charge is -2.33. The highest BCUT2D eigenvalue weighted by atomic mass is 16.5. The van der Waals surface area contributed by atoms with Gasteiger partial charge in [-0.15, -0.1) is 0 Å². The van der Waals surface area contributed by atoms with E-state index >= 15 is 0 Å². The number of fused-ring (bicyclic) bond motifs is 3. The van der Waals surface area contributed by atoms with Crippen LogP contribution >= 0.6 is 0 Å². The fourth-order valence-electron chi connectivity index (χ4n) is 3.49. The van der Waals surface area contributed by atoms with E-state index in [0.717, 1.165) is 48.6 Å². The minimum Gasteiger partial charge on any atom is -0.491 e. The van der Waals surface area contributed by atoms with Crippen LogP contribution in [-0.4, -0.2) is 67.5 Å². The summed E-state index contributed by atoms with van der Waals surface area (Å²) in [6.07, 6.45) is 1.92. The molecule has 0 aliphatic carbocycles. The summed E-state index contributed by atoms with van der Waals surface area (Å²) < 4.78 is 16.8. The molecule has 7 heteroatoms. The molecule has 4 heterocycles. The highest BCUT2D eigenvalue weighted by Gasteiger charge is 2.31. The topological polar surface area (TPSA) is 82.7 Å². The van der Waals surface area contributed by atoms with Gasteiger partial charge in [0.15, 0.2) is 0 Å². The van der Waals surface area contributed by atoms with E-state index in [-0.39, 0.29) is 12.0 Å². The Bertz CT molecular complexity index is 739. The molecule has 2 N–H and O–H groups in total. The Kier molecular flexibility index (Phi) is 4.22. The lowest BCUT2D eigenvalue weighted by molar-refractivity contribution is -0.0253. The highest BCUT2D eigenvalue weighted by Crippen LogP contribution is 2.38. The number of pyridine rings is 2. The van der Waals surface area contributed by atoms with Gasteiger partial charge in [0.05, 0.1) is 38.1 Å². The zero-order valence-corrected chi connectivity index (χ0v) is 13.8. The third-order valence-electron chi connectivity index (χ3n) is 4.71. The summed E-state index contributed by atoms with van der Waals surface area (Å²) in [5.74, 6) is 1.69. The van der Waals surface area contributed by atoms with Crippen molar-refractivity contribution in [2.45, 2.75) is 12.0 Å². The molecule has 0 radical (unpaired) electrons. The largest absolute Gasteiger partial charge is 0.491 e. The average Bonchev–Trinajstić information content (AvgIpc) is 3.04. The summed E-state index contributed by atoms with van der Waals surface area (Å²) in [5.41, 5.74) is 8.62. The van der Waals surface area contributed by atoms with Gasteiger partial charge in [0, 0.05) is 43.7 Å². The average molecular weight is 330 g/mol. The SMILES string of the molecule is COc1ccc2ncc3c(c2n1)C(CN1CCOC(CN)C1)CO3. The van der Waals surface area contributed by atoms with Gasteiger partial charge < -0.3 is 19.9 Å². The summed E-state index contributed by atoms with van der Waals surface area (Å²) in [5, 5.41) is 0. The smallest absolute Gasteiger partial charge is 0.213 e. The fourth-order valence-corrected chi connectivity index (χ4v) is 3.49. The summed E-state index contributed by atoms with van der Waals surface area (Å²) in [6.45, 7) is 4.63. The normalized spacial score (nSPS) is 23.9. The molecule has 4 rings (SSSR count). The molecule has 2 aliphatic heterocycles. The van der Waals surface area contributed by atoms with Gasteiger partial charge in [-0.05, 0) is 6.07 Å². The Morgan fingerprint density at radius 1 is 1.42 bits per heavy atom. The van der Waals surface area contributed by atoms with E-state index in [4.69, 9.17) is 19.9 Å². The van der Waals surface area contributed by atoms with Gasteiger partial charge in [-0.25, -0.2) is 4.98 Å². The maximum absolute atomic E-state index is 5.86. The van der Waals surface area contributed by atoms with E-state index < -0.39 is 0 Å². The number of rotatable bonds is 4. The molecule has 0 aromatic carbocycles. The number of nitrogens with two attached hydrogens (primary N) is 1. The van der Waals surface area contributed by atoms with Gasteiger partial charge in [0.25, 0.3) is 0 Å². The van der Waals surface area contributed by atoms with Crippen molar-refractivity contribution in [3.63, 3.8) is 0 Å². The van der Waals surface area contributed by atoms with Crippen LogP contribution < -0.4 is 15.2 Å². The number of hydrogen-bond acceptors (Lipinski definition) is 7. The first-order valence-electron chi connectivity index (χ1n) is 8.29. The minimum atomic E-state index is 0.118. The molecule has 7 nitrogen and oxygen atoms in total. The molecule has 2 unspecified atom stereocenters. The van der Waals surface area contributed by atoms with Crippen LogP contribution in [0.2, 0.25) is 0 Å². The molecular weight excluding hydrogens is 308 g/mol. The van der Waals surface area contributed by atoms with Crippen molar-refractivity contribution in [3.8, 4) is 11.6 Å². The molecule has 0 spiro atoms. The van der Waals surface area contributed by atoms with Crippen molar-refractivity contribution < 1.29 is 14.2 Å². The molecular formula is C17H22N4O3. The first kappa shape index (κ1) is 15.6. The van der Waals surface area contributed by atoms with Gasteiger partial charge >= 0.3 is 0 Å². The standard InChI is InChI=1S/C17H22N4O3/c1-22-15-3-2-13-17(20-15)16-11(10-24-14(16)7-19-13)8-21-4-5-23-12(6-18)9-21/h2-3,7,11-12H,4-6,8-10,18H2,1H3. The van der Waals surface area contributed by atoms with Crippen molar-refractivity contribution in [1.29, 1.82) is 0 Å². The van der Waals surface area contributed by atoms with E-state index in [1.165, 1.54) is 0 Å². The van der Waals surface area contributed by atoms with Crippen LogP contribution in [0.4, 0.5) is 0 Å². The third kappa shape index (κ3) is 2.79. The Hall–Kier alpha value is -1.96. The van der Waals surface area contributed by atoms with Crippen molar-refractivity contribution in [3.05, 3.63) is 23.9 Å². The van der Waals surface area contributed by atoms with Crippen LogP contribution in [0.3, 0.4) is 0 Å². The van der Waals surface area contributed by atoms with Crippen molar-refractivity contribution in [2.24, 2.45) is 5.73 Å². The Labute approximate surface area is 140 Å². The van der Waals surface area contributed by atoms with Crippen LogP contribution in [0, 0.1) is 0 Å². The third-order valence-corrected chi connectivity index (χ3v) is 4.71. The van der Waals surface area contributed by atoms with Gasteiger partial charge in [0.2, 0.25) is 5.88 Å². The van der Waals surface area contributed by atoms with Crippen LogP contribution in [-0.2, 0) is 4.74 Å². The van der Waals surface area contributed by atoms with Crippen LogP contribution in [0.5, 0.6) is 11.6 Å². The second kappa shape index (κ2) is 6.51. The van der Waals surface area contributed by atoms with E-state index in [1.807, 2.05) is 12.1 Å². The van der Waals surface area contributed by atoms with Gasteiger partial charge in [-0.2, -0.15) is 0 Å². The number of nitrogens with zero attached hydrogens (tertiary/aromatic N) is 3. The van der Waals surface area contributed by atoms with Gasteiger partial charge in [0.1, 0.15) is 11.3 Å². The van der Waals surface area contributed by atoms with E-state index in [0.29, 0.717) is 19.0 Å². The minimum absolute atomic E-state index is 0.118. The van der Waals surface area contributed by atoms with Gasteiger partial charge in [-0.3, -0.25) is 9.88 Å². The van der Waals surface area contributed by atoms with Crippen molar-refractivity contribution in [2.75, 3.05) is 46.5 Å². The van der Waals surface area contributed by atoms with Crippen LogP contribution in [0.15, 0.2) is 18.3 Å². The highest BCUT2D eigenvalue weighted by molar-refractivity contribution is 5.81. The van der Waals surface area contributed by atoms with E-state index in [9.17, 15) is 0 Å². The molecule has 2 aliphatic rings. The summed E-state index contributed by atoms with van der Waals surface area (Å²) in [4.78, 5) is 11.5. The van der Waals surface area contributed by atoms with Crippen LogP contribution in [0.1, 0.15) is 11.5 Å². The summed E-state index contributed by atoms with van der Waals surface area (Å²) in [7, 11) is 1.62.